The summed E-state index contributed by atoms with van der Waals surface area (Å²) >= 11 is 0. The van der Waals surface area contributed by atoms with Gasteiger partial charge in [-0.1, -0.05) is 48.5 Å². The summed E-state index contributed by atoms with van der Waals surface area (Å²) in [7, 11) is 0. The van der Waals surface area contributed by atoms with Crippen molar-refractivity contribution in [1.29, 1.82) is 0 Å². The number of nitrogens with zero attached hydrogens (tertiary/aromatic N) is 1. The van der Waals surface area contributed by atoms with Gasteiger partial charge in [0.2, 0.25) is 6.43 Å². The third-order valence-corrected chi connectivity index (χ3v) is 4.16. The molecule has 0 saturated carbocycles. The van der Waals surface area contributed by atoms with Crippen molar-refractivity contribution in [1.82, 2.24) is 4.57 Å². The lowest BCUT2D eigenvalue weighted by Gasteiger charge is -2.09. The highest BCUT2D eigenvalue weighted by Gasteiger charge is 2.11. The van der Waals surface area contributed by atoms with Crippen LogP contribution in [-0.2, 0) is 6.42 Å². The summed E-state index contributed by atoms with van der Waals surface area (Å²) in [4.78, 5) is 0. The summed E-state index contributed by atoms with van der Waals surface area (Å²) < 4.78 is 27.2. The Balaban J connectivity index is 1.93. The van der Waals surface area contributed by atoms with E-state index in [2.05, 4.69) is 28.8 Å². The summed E-state index contributed by atoms with van der Waals surface area (Å²) in [5, 5.41) is 2.39. The summed E-state index contributed by atoms with van der Waals surface area (Å²) in [5.74, 6) is 0. The van der Waals surface area contributed by atoms with Gasteiger partial charge in [-0.05, 0) is 29.8 Å². The minimum atomic E-state index is -2.31. The molecule has 0 aliphatic rings. The minimum Gasteiger partial charge on any atom is -0.309 e. The van der Waals surface area contributed by atoms with Crippen LogP contribution in [0.2, 0.25) is 0 Å². The standard InChI is InChI=1S/C20H15F2N/c21-20(22)13-14-9-11-15(12-10-14)23-18-7-3-1-5-16(18)17-6-2-4-8-19(17)23/h1-12,20H,13H2. The number of para-hydroxylation sites is 2. The Labute approximate surface area is 132 Å². The lowest BCUT2D eigenvalue weighted by Crippen LogP contribution is -1.98. The fourth-order valence-electron chi connectivity index (χ4n) is 3.16. The van der Waals surface area contributed by atoms with Gasteiger partial charge in [-0.2, -0.15) is 0 Å². The van der Waals surface area contributed by atoms with Crippen LogP contribution >= 0.6 is 0 Å². The van der Waals surface area contributed by atoms with E-state index in [0.717, 1.165) is 16.7 Å². The molecule has 3 aromatic carbocycles. The summed E-state index contributed by atoms with van der Waals surface area (Å²) in [6.45, 7) is 0. The fraction of sp³-hybridized carbons (Fsp3) is 0.100. The second kappa shape index (κ2) is 5.51. The maximum absolute atomic E-state index is 12.5. The molecule has 0 spiro atoms. The van der Waals surface area contributed by atoms with Crippen LogP contribution in [0.25, 0.3) is 27.5 Å². The molecular weight excluding hydrogens is 292 g/mol. The molecule has 3 heteroatoms. The Morgan fingerprint density at radius 3 is 1.74 bits per heavy atom. The van der Waals surface area contributed by atoms with Gasteiger partial charge in [-0.15, -0.1) is 0 Å². The first-order valence-electron chi connectivity index (χ1n) is 7.60. The van der Waals surface area contributed by atoms with Crippen molar-refractivity contribution in [2.75, 3.05) is 0 Å². The summed E-state index contributed by atoms with van der Waals surface area (Å²) in [5.41, 5.74) is 3.88. The number of halogens is 2. The number of benzene rings is 3. The number of fused-ring (bicyclic) bond motifs is 3. The Morgan fingerprint density at radius 1 is 0.696 bits per heavy atom. The van der Waals surface area contributed by atoms with Crippen LogP contribution in [0.1, 0.15) is 5.56 Å². The van der Waals surface area contributed by atoms with Gasteiger partial charge in [0.25, 0.3) is 0 Å². The molecule has 114 valence electrons. The van der Waals surface area contributed by atoms with Crippen LogP contribution in [0.15, 0.2) is 72.8 Å². The monoisotopic (exact) mass is 307 g/mol. The number of aromatic nitrogens is 1. The number of hydrogen-bond acceptors (Lipinski definition) is 0. The van der Waals surface area contributed by atoms with E-state index in [1.165, 1.54) is 10.8 Å². The molecule has 0 unspecified atom stereocenters. The Hall–Kier alpha value is -2.68. The first-order chi connectivity index (χ1) is 11.2. The number of rotatable bonds is 3. The molecule has 0 fully saturated rings. The van der Waals surface area contributed by atoms with Gasteiger partial charge < -0.3 is 4.57 Å². The van der Waals surface area contributed by atoms with Crippen LogP contribution in [-0.4, -0.2) is 11.0 Å². The molecule has 1 heterocycles. The van der Waals surface area contributed by atoms with Crippen LogP contribution in [0.5, 0.6) is 0 Å². The third-order valence-electron chi connectivity index (χ3n) is 4.16. The lowest BCUT2D eigenvalue weighted by molar-refractivity contribution is 0.149. The van der Waals surface area contributed by atoms with Crippen molar-refractivity contribution in [2.45, 2.75) is 12.8 Å². The molecule has 0 aliphatic heterocycles. The third kappa shape index (κ3) is 2.38. The number of hydrogen-bond donors (Lipinski definition) is 0. The Bertz CT molecular complexity index is 915. The maximum atomic E-state index is 12.5. The van der Waals surface area contributed by atoms with Gasteiger partial charge in [0.1, 0.15) is 0 Å². The van der Waals surface area contributed by atoms with E-state index in [9.17, 15) is 8.78 Å². The maximum Gasteiger partial charge on any atom is 0.242 e. The van der Waals surface area contributed by atoms with E-state index in [0.29, 0.717) is 5.56 Å². The molecule has 0 N–H and O–H groups in total. The highest BCUT2D eigenvalue weighted by molar-refractivity contribution is 6.09. The highest BCUT2D eigenvalue weighted by atomic mass is 19.3. The first-order valence-corrected chi connectivity index (χ1v) is 7.60. The van der Waals surface area contributed by atoms with Crippen molar-refractivity contribution in [3.8, 4) is 5.69 Å². The minimum absolute atomic E-state index is 0.201. The van der Waals surface area contributed by atoms with Crippen molar-refractivity contribution in [2.24, 2.45) is 0 Å². The fourth-order valence-corrected chi connectivity index (χ4v) is 3.16. The van der Waals surface area contributed by atoms with Crippen molar-refractivity contribution in [3.63, 3.8) is 0 Å². The van der Waals surface area contributed by atoms with E-state index in [1.54, 1.807) is 12.1 Å². The quantitative estimate of drug-likeness (QED) is 0.465. The molecule has 4 aromatic rings. The van der Waals surface area contributed by atoms with Gasteiger partial charge in [-0.3, -0.25) is 0 Å². The molecular formula is C20H15F2N. The van der Waals surface area contributed by atoms with E-state index in [-0.39, 0.29) is 6.42 Å². The molecule has 4 rings (SSSR count). The van der Waals surface area contributed by atoms with E-state index >= 15 is 0 Å². The topological polar surface area (TPSA) is 4.93 Å². The average molecular weight is 307 g/mol. The van der Waals surface area contributed by atoms with Crippen LogP contribution < -0.4 is 0 Å². The van der Waals surface area contributed by atoms with Crippen molar-refractivity contribution >= 4 is 21.8 Å². The Kier molecular flexibility index (Phi) is 3.34. The SMILES string of the molecule is FC(F)Cc1ccc(-n2c3ccccc3c3ccccc32)cc1. The van der Waals surface area contributed by atoms with Gasteiger partial charge in [0.15, 0.2) is 0 Å². The van der Waals surface area contributed by atoms with Crippen LogP contribution in [0.3, 0.4) is 0 Å². The van der Waals surface area contributed by atoms with Crippen molar-refractivity contribution < 1.29 is 8.78 Å². The summed E-state index contributed by atoms with van der Waals surface area (Å²) in [6.07, 6.45) is -2.51. The molecule has 0 radical (unpaired) electrons. The molecule has 0 bridgehead atoms. The zero-order valence-corrected chi connectivity index (χ0v) is 12.4. The van der Waals surface area contributed by atoms with Crippen LogP contribution in [0, 0.1) is 0 Å². The summed E-state index contributed by atoms with van der Waals surface area (Å²) in [6, 6.07) is 23.9. The first kappa shape index (κ1) is 13.9. The molecule has 1 nitrogen and oxygen atoms in total. The molecule has 0 atom stereocenters. The van der Waals surface area contributed by atoms with Crippen molar-refractivity contribution in [3.05, 3.63) is 78.4 Å². The van der Waals surface area contributed by atoms with E-state index in [4.69, 9.17) is 0 Å². The van der Waals surface area contributed by atoms with Gasteiger partial charge in [-0.25, -0.2) is 8.78 Å². The predicted octanol–water partition coefficient (Wildman–Crippen LogP) is 5.59. The number of alkyl halides is 2. The molecule has 0 amide bonds. The van der Waals surface area contributed by atoms with E-state index in [1.807, 2.05) is 36.4 Å². The Morgan fingerprint density at radius 2 is 1.22 bits per heavy atom. The zero-order chi connectivity index (χ0) is 15.8. The van der Waals surface area contributed by atoms with E-state index < -0.39 is 6.43 Å². The van der Waals surface area contributed by atoms with Gasteiger partial charge in [0, 0.05) is 22.9 Å². The molecule has 23 heavy (non-hydrogen) atoms. The van der Waals surface area contributed by atoms with Gasteiger partial charge in [0.05, 0.1) is 11.0 Å². The lowest BCUT2D eigenvalue weighted by atomic mass is 10.1. The normalized spacial score (nSPS) is 11.6. The highest BCUT2D eigenvalue weighted by Crippen LogP contribution is 2.31. The molecule has 0 saturated heterocycles. The molecule has 0 aliphatic carbocycles. The zero-order valence-electron chi connectivity index (χ0n) is 12.4. The van der Waals surface area contributed by atoms with Crippen LogP contribution in [0.4, 0.5) is 8.78 Å². The second-order valence-electron chi connectivity index (χ2n) is 5.63. The van der Waals surface area contributed by atoms with Gasteiger partial charge >= 0.3 is 0 Å². The second-order valence-corrected chi connectivity index (χ2v) is 5.63. The average Bonchev–Trinajstić information content (AvgIpc) is 2.90. The smallest absolute Gasteiger partial charge is 0.242 e. The largest absolute Gasteiger partial charge is 0.309 e. The predicted molar refractivity (Wildman–Crippen MR) is 90.5 cm³/mol. The molecule has 1 aromatic heterocycles.